The van der Waals surface area contributed by atoms with Crippen LogP contribution in [-0.2, 0) is 11.2 Å². The van der Waals surface area contributed by atoms with Crippen LogP contribution in [0.1, 0.15) is 35.8 Å². The Balaban J connectivity index is 2.36. The van der Waals surface area contributed by atoms with Gasteiger partial charge in [-0.3, -0.25) is 4.79 Å². The average molecular weight is 197 g/mol. The molecule has 13 heavy (non-hydrogen) atoms. The Morgan fingerprint density at radius 1 is 1.62 bits per heavy atom. The largest absolute Gasteiger partial charge is 0.481 e. The first-order valence-electron chi connectivity index (χ1n) is 4.44. The Labute approximate surface area is 80.4 Å². The van der Waals surface area contributed by atoms with E-state index in [-0.39, 0.29) is 5.92 Å². The number of rotatable bonds is 1. The van der Waals surface area contributed by atoms with E-state index in [4.69, 9.17) is 5.11 Å². The molecule has 0 amide bonds. The molecule has 1 aliphatic rings. The quantitative estimate of drug-likeness (QED) is 0.701. The van der Waals surface area contributed by atoms with Gasteiger partial charge >= 0.3 is 5.97 Å². The molecular weight excluding hydrogens is 186 g/mol. The number of hydrogen-bond donors (Lipinski definition) is 1. The maximum Gasteiger partial charge on any atom is 0.311 e. The lowest BCUT2D eigenvalue weighted by Crippen LogP contribution is -2.10. The zero-order valence-electron chi connectivity index (χ0n) is 7.19. The average Bonchev–Trinajstić information content (AvgIpc) is 2.44. The molecule has 0 aromatic carbocycles. The van der Waals surface area contributed by atoms with Gasteiger partial charge in [-0.1, -0.05) is 6.42 Å². The summed E-state index contributed by atoms with van der Waals surface area (Å²) in [5, 5.41) is 9.01. The molecular formula is C9H11NO2S. The Kier molecular flexibility index (Phi) is 2.31. The zero-order chi connectivity index (χ0) is 9.26. The lowest BCUT2D eigenvalue weighted by molar-refractivity contribution is -0.138. The molecule has 0 spiro atoms. The van der Waals surface area contributed by atoms with Crippen LogP contribution >= 0.6 is 11.3 Å². The number of hydrogen-bond acceptors (Lipinski definition) is 3. The van der Waals surface area contributed by atoms with Crippen LogP contribution < -0.4 is 0 Å². The van der Waals surface area contributed by atoms with Crippen molar-refractivity contribution in [1.82, 2.24) is 4.98 Å². The number of nitrogens with zero attached hydrogens (tertiary/aromatic N) is 1. The third-order valence-electron chi connectivity index (χ3n) is 2.44. The molecule has 70 valence electrons. The third-order valence-corrected chi connectivity index (χ3v) is 3.43. The highest BCUT2D eigenvalue weighted by atomic mass is 32.1. The Morgan fingerprint density at radius 2 is 2.46 bits per heavy atom. The van der Waals surface area contributed by atoms with Crippen molar-refractivity contribution in [2.45, 2.75) is 31.6 Å². The lowest BCUT2D eigenvalue weighted by atomic mass is 10.0. The van der Waals surface area contributed by atoms with Gasteiger partial charge in [0.25, 0.3) is 0 Å². The van der Waals surface area contributed by atoms with E-state index in [0.717, 1.165) is 36.3 Å². The minimum Gasteiger partial charge on any atom is -0.481 e. The molecule has 1 aliphatic carbocycles. The standard InChI is InChI=1S/C9H11NO2S/c11-9(12)6-3-1-2-4-7-8(6)13-5-10-7/h5-6H,1-4H2,(H,11,12)/t6-/m1/s1. The smallest absolute Gasteiger partial charge is 0.311 e. The first-order chi connectivity index (χ1) is 6.29. The topological polar surface area (TPSA) is 50.2 Å². The summed E-state index contributed by atoms with van der Waals surface area (Å²) < 4.78 is 0. The Hall–Kier alpha value is -0.900. The van der Waals surface area contributed by atoms with Gasteiger partial charge in [0, 0.05) is 4.88 Å². The molecule has 1 aromatic heterocycles. The van der Waals surface area contributed by atoms with Crippen LogP contribution in [0.15, 0.2) is 5.51 Å². The number of fused-ring (bicyclic) bond motifs is 1. The minimum atomic E-state index is -0.701. The molecule has 0 fully saturated rings. The molecule has 0 bridgehead atoms. The van der Waals surface area contributed by atoms with Crippen LogP contribution in [0.4, 0.5) is 0 Å². The van der Waals surface area contributed by atoms with Crippen LogP contribution in [0.5, 0.6) is 0 Å². The van der Waals surface area contributed by atoms with Gasteiger partial charge in [0.15, 0.2) is 0 Å². The molecule has 3 nitrogen and oxygen atoms in total. The number of carboxylic acids is 1. The van der Waals surface area contributed by atoms with Crippen molar-refractivity contribution < 1.29 is 9.90 Å². The maximum atomic E-state index is 10.9. The molecule has 1 atom stereocenters. The number of aryl methyl sites for hydroxylation is 1. The van der Waals surface area contributed by atoms with Crippen molar-refractivity contribution in [3.63, 3.8) is 0 Å². The van der Waals surface area contributed by atoms with Gasteiger partial charge < -0.3 is 5.11 Å². The predicted octanol–water partition coefficient (Wildman–Crippen LogP) is 2.04. The van der Waals surface area contributed by atoms with Gasteiger partial charge in [0.1, 0.15) is 0 Å². The predicted molar refractivity (Wildman–Crippen MR) is 50.0 cm³/mol. The van der Waals surface area contributed by atoms with E-state index in [2.05, 4.69) is 4.98 Å². The third kappa shape index (κ3) is 1.58. The molecule has 0 radical (unpaired) electrons. The van der Waals surface area contributed by atoms with Crippen molar-refractivity contribution in [1.29, 1.82) is 0 Å². The van der Waals surface area contributed by atoms with Gasteiger partial charge in [-0.05, 0) is 19.3 Å². The van der Waals surface area contributed by atoms with E-state index < -0.39 is 5.97 Å². The fraction of sp³-hybridized carbons (Fsp3) is 0.556. The Bertz CT molecular complexity index is 321. The molecule has 4 heteroatoms. The van der Waals surface area contributed by atoms with E-state index in [1.54, 1.807) is 5.51 Å². The molecule has 0 saturated heterocycles. The van der Waals surface area contributed by atoms with Gasteiger partial charge in [-0.15, -0.1) is 11.3 Å². The van der Waals surface area contributed by atoms with E-state index in [0.29, 0.717) is 0 Å². The molecule has 1 heterocycles. The first kappa shape index (κ1) is 8.69. The van der Waals surface area contributed by atoms with Crippen LogP contribution in [0.2, 0.25) is 0 Å². The maximum absolute atomic E-state index is 10.9. The number of aliphatic carboxylic acids is 1. The van der Waals surface area contributed by atoms with Crippen LogP contribution in [0.25, 0.3) is 0 Å². The molecule has 2 rings (SSSR count). The van der Waals surface area contributed by atoms with Gasteiger partial charge in [0.2, 0.25) is 0 Å². The van der Waals surface area contributed by atoms with Crippen molar-refractivity contribution in [2.75, 3.05) is 0 Å². The van der Waals surface area contributed by atoms with E-state index >= 15 is 0 Å². The summed E-state index contributed by atoms with van der Waals surface area (Å²) in [5.74, 6) is -1.00. The van der Waals surface area contributed by atoms with Gasteiger partial charge in [0.05, 0.1) is 17.1 Å². The lowest BCUT2D eigenvalue weighted by Gasteiger charge is -2.06. The fourth-order valence-corrected chi connectivity index (χ4v) is 2.72. The monoisotopic (exact) mass is 197 g/mol. The van der Waals surface area contributed by atoms with E-state index in [1.165, 1.54) is 11.3 Å². The van der Waals surface area contributed by atoms with Crippen molar-refractivity contribution in [3.8, 4) is 0 Å². The highest BCUT2D eigenvalue weighted by molar-refractivity contribution is 7.10. The number of thiazole rings is 1. The summed E-state index contributed by atoms with van der Waals surface area (Å²) >= 11 is 1.48. The highest BCUT2D eigenvalue weighted by Gasteiger charge is 2.26. The summed E-state index contributed by atoms with van der Waals surface area (Å²) in [5.41, 5.74) is 2.77. The summed E-state index contributed by atoms with van der Waals surface area (Å²) in [7, 11) is 0. The second-order valence-corrected chi connectivity index (χ2v) is 4.19. The SMILES string of the molecule is O=C(O)[C@@H]1CCCCc2ncsc21. The number of aromatic nitrogens is 1. The fourth-order valence-electron chi connectivity index (χ4n) is 1.76. The number of carboxylic acid groups (broad SMARTS) is 1. The molecule has 1 aromatic rings. The summed E-state index contributed by atoms with van der Waals surface area (Å²) in [6.45, 7) is 0. The van der Waals surface area contributed by atoms with Gasteiger partial charge in [-0.25, -0.2) is 4.98 Å². The summed E-state index contributed by atoms with van der Waals surface area (Å²) in [6, 6.07) is 0. The minimum absolute atomic E-state index is 0.301. The van der Waals surface area contributed by atoms with E-state index in [9.17, 15) is 4.79 Å². The summed E-state index contributed by atoms with van der Waals surface area (Å²) in [4.78, 5) is 16.1. The second kappa shape index (κ2) is 3.46. The molecule has 0 unspecified atom stereocenters. The first-order valence-corrected chi connectivity index (χ1v) is 5.32. The summed E-state index contributed by atoms with van der Waals surface area (Å²) in [6.07, 6.45) is 3.79. The van der Waals surface area contributed by atoms with Crippen molar-refractivity contribution >= 4 is 17.3 Å². The second-order valence-electron chi connectivity index (χ2n) is 3.30. The van der Waals surface area contributed by atoms with Crippen molar-refractivity contribution in [2.24, 2.45) is 0 Å². The molecule has 0 saturated carbocycles. The van der Waals surface area contributed by atoms with Crippen LogP contribution in [0, 0.1) is 0 Å². The highest BCUT2D eigenvalue weighted by Crippen LogP contribution is 2.32. The number of carbonyl (C=O) groups is 1. The van der Waals surface area contributed by atoms with E-state index in [1.807, 2.05) is 0 Å². The van der Waals surface area contributed by atoms with Gasteiger partial charge in [-0.2, -0.15) is 0 Å². The van der Waals surface area contributed by atoms with Crippen LogP contribution in [-0.4, -0.2) is 16.1 Å². The zero-order valence-corrected chi connectivity index (χ0v) is 8.01. The normalized spacial score (nSPS) is 22.0. The van der Waals surface area contributed by atoms with Crippen molar-refractivity contribution in [3.05, 3.63) is 16.1 Å². The molecule has 1 N–H and O–H groups in total. The van der Waals surface area contributed by atoms with Crippen LogP contribution in [0.3, 0.4) is 0 Å². The molecule has 0 aliphatic heterocycles. The Morgan fingerprint density at radius 3 is 3.23 bits per heavy atom.